The van der Waals surface area contributed by atoms with E-state index in [-0.39, 0.29) is 17.9 Å². The highest BCUT2D eigenvalue weighted by molar-refractivity contribution is 5.95. The van der Waals surface area contributed by atoms with E-state index in [2.05, 4.69) is 5.32 Å². The Morgan fingerprint density at radius 1 is 1.26 bits per heavy atom. The Morgan fingerprint density at radius 2 is 1.96 bits per heavy atom. The normalized spacial score (nSPS) is 11.7. The van der Waals surface area contributed by atoms with Crippen LogP contribution in [-0.4, -0.2) is 28.6 Å². The Morgan fingerprint density at radius 3 is 2.57 bits per heavy atom. The summed E-state index contributed by atoms with van der Waals surface area (Å²) in [7, 11) is 0. The minimum absolute atomic E-state index is 0.126. The van der Waals surface area contributed by atoms with Gasteiger partial charge in [0.1, 0.15) is 0 Å². The molecule has 0 aromatic heterocycles. The number of nitrogens with zero attached hydrogens (tertiary/aromatic N) is 1. The number of non-ortho nitro benzene ring substituents is 1. The van der Waals surface area contributed by atoms with Gasteiger partial charge in [0.05, 0.1) is 17.6 Å². The SMILES string of the molecule is Cc1cc(C(=O)N[C@H](CO)Cc2ccccc2)cc([N+](=O)[O-])c1. The van der Waals surface area contributed by atoms with Gasteiger partial charge in [-0.15, -0.1) is 0 Å². The highest BCUT2D eigenvalue weighted by Gasteiger charge is 2.17. The van der Waals surface area contributed by atoms with Gasteiger partial charge in [-0.2, -0.15) is 0 Å². The molecule has 1 atom stereocenters. The average Bonchev–Trinajstić information content (AvgIpc) is 2.54. The molecule has 0 saturated carbocycles. The van der Waals surface area contributed by atoms with Gasteiger partial charge in [0.25, 0.3) is 11.6 Å². The summed E-state index contributed by atoms with van der Waals surface area (Å²) in [6.45, 7) is 1.48. The third-order valence-electron chi connectivity index (χ3n) is 3.42. The first-order chi connectivity index (χ1) is 11.0. The summed E-state index contributed by atoms with van der Waals surface area (Å²) in [6.07, 6.45) is 0.483. The van der Waals surface area contributed by atoms with Gasteiger partial charge < -0.3 is 10.4 Å². The molecule has 6 nitrogen and oxygen atoms in total. The molecule has 0 bridgehead atoms. The maximum Gasteiger partial charge on any atom is 0.270 e. The van der Waals surface area contributed by atoms with E-state index in [1.165, 1.54) is 12.1 Å². The van der Waals surface area contributed by atoms with Gasteiger partial charge in [-0.1, -0.05) is 30.3 Å². The van der Waals surface area contributed by atoms with Crippen LogP contribution in [0.4, 0.5) is 5.69 Å². The van der Waals surface area contributed by atoms with E-state index < -0.39 is 16.9 Å². The maximum absolute atomic E-state index is 12.3. The highest BCUT2D eigenvalue weighted by Crippen LogP contribution is 2.17. The first kappa shape index (κ1) is 16.6. The lowest BCUT2D eigenvalue weighted by atomic mass is 10.1. The lowest BCUT2D eigenvalue weighted by molar-refractivity contribution is -0.384. The Kier molecular flexibility index (Phi) is 5.43. The van der Waals surface area contributed by atoms with Crippen molar-refractivity contribution in [3.8, 4) is 0 Å². The summed E-state index contributed by atoms with van der Waals surface area (Å²) < 4.78 is 0. The molecule has 0 fully saturated rings. The summed E-state index contributed by atoms with van der Waals surface area (Å²) in [4.78, 5) is 22.6. The van der Waals surface area contributed by atoms with E-state index in [9.17, 15) is 20.0 Å². The second-order valence-corrected chi connectivity index (χ2v) is 5.36. The van der Waals surface area contributed by atoms with E-state index in [4.69, 9.17) is 0 Å². The van der Waals surface area contributed by atoms with Gasteiger partial charge in [-0.05, 0) is 30.5 Å². The molecule has 0 aliphatic rings. The smallest absolute Gasteiger partial charge is 0.270 e. The molecule has 0 heterocycles. The highest BCUT2D eigenvalue weighted by atomic mass is 16.6. The summed E-state index contributed by atoms with van der Waals surface area (Å²) >= 11 is 0. The molecule has 2 N–H and O–H groups in total. The minimum Gasteiger partial charge on any atom is -0.394 e. The number of hydrogen-bond acceptors (Lipinski definition) is 4. The zero-order valence-corrected chi connectivity index (χ0v) is 12.7. The molecule has 23 heavy (non-hydrogen) atoms. The quantitative estimate of drug-likeness (QED) is 0.631. The van der Waals surface area contributed by atoms with Crippen LogP contribution in [0.15, 0.2) is 48.5 Å². The van der Waals surface area contributed by atoms with Gasteiger partial charge in [0.2, 0.25) is 0 Å². The van der Waals surface area contributed by atoms with Crippen LogP contribution in [0.5, 0.6) is 0 Å². The van der Waals surface area contributed by atoms with Crippen molar-refractivity contribution in [2.75, 3.05) is 6.61 Å². The van der Waals surface area contributed by atoms with Crippen molar-refractivity contribution in [2.45, 2.75) is 19.4 Å². The van der Waals surface area contributed by atoms with Crippen molar-refractivity contribution < 1.29 is 14.8 Å². The molecule has 0 spiro atoms. The molecule has 2 aromatic rings. The largest absolute Gasteiger partial charge is 0.394 e. The Bertz CT molecular complexity index is 701. The molecule has 1 amide bonds. The predicted octanol–water partition coefficient (Wildman–Crippen LogP) is 2.24. The molecular weight excluding hydrogens is 296 g/mol. The van der Waals surface area contributed by atoms with Gasteiger partial charge in [-0.25, -0.2) is 0 Å². The number of nitro groups is 1. The standard InChI is InChI=1S/C17H18N2O4/c1-12-7-14(10-16(8-12)19(22)23)17(21)18-15(11-20)9-13-5-3-2-4-6-13/h2-8,10,15,20H,9,11H2,1H3,(H,18,21)/t15-/m0/s1. The van der Waals surface area contributed by atoms with Gasteiger partial charge in [0.15, 0.2) is 0 Å². The third-order valence-corrected chi connectivity index (χ3v) is 3.42. The monoisotopic (exact) mass is 314 g/mol. The maximum atomic E-state index is 12.3. The molecule has 120 valence electrons. The van der Waals surface area contributed by atoms with Crippen LogP contribution >= 0.6 is 0 Å². The number of carbonyl (C=O) groups excluding carboxylic acids is 1. The number of rotatable bonds is 6. The number of hydrogen-bond donors (Lipinski definition) is 2. The molecule has 0 aliphatic carbocycles. The lowest BCUT2D eigenvalue weighted by Crippen LogP contribution is -2.39. The van der Waals surface area contributed by atoms with Crippen LogP contribution in [0.1, 0.15) is 21.5 Å². The molecule has 2 rings (SSSR count). The zero-order chi connectivity index (χ0) is 16.8. The summed E-state index contributed by atoms with van der Waals surface area (Å²) in [5, 5.41) is 23.1. The Balaban J connectivity index is 2.12. The number of benzene rings is 2. The van der Waals surface area contributed by atoms with Gasteiger partial charge >= 0.3 is 0 Å². The van der Waals surface area contributed by atoms with Crippen molar-refractivity contribution in [1.82, 2.24) is 5.32 Å². The van der Waals surface area contributed by atoms with Crippen molar-refractivity contribution in [2.24, 2.45) is 0 Å². The van der Waals surface area contributed by atoms with Crippen molar-refractivity contribution in [3.05, 3.63) is 75.3 Å². The summed E-state index contributed by atoms with van der Waals surface area (Å²) in [5.41, 5.74) is 1.71. The van der Waals surface area contributed by atoms with Gasteiger partial charge in [-0.3, -0.25) is 14.9 Å². The number of nitro benzene ring substituents is 1. The molecule has 0 saturated heterocycles. The van der Waals surface area contributed by atoms with Crippen molar-refractivity contribution >= 4 is 11.6 Å². The second-order valence-electron chi connectivity index (χ2n) is 5.36. The van der Waals surface area contributed by atoms with E-state index in [0.717, 1.165) is 5.56 Å². The molecule has 2 aromatic carbocycles. The van der Waals surface area contributed by atoms with E-state index >= 15 is 0 Å². The van der Waals surface area contributed by atoms with Crippen molar-refractivity contribution in [3.63, 3.8) is 0 Å². The molecular formula is C17H18N2O4. The number of aryl methyl sites for hydroxylation is 1. The first-order valence-electron chi connectivity index (χ1n) is 7.21. The predicted molar refractivity (Wildman–Crippen MR) is 86.3 cm³/mol. The van der Waals surface area contributed by atoms with Crippen LogP contribution in [0, 0.1) is 17.0 Å². The van der Waals surface area contributed by atoms with E-state index in [0.29, 0.717) is 12.0 Å². The fraction of sp³-hybridized carbons (Fsp3) is 0.235. The van der Waals surface area contributed by atoms with Crippen LogP contribution in [0.2, 0.25) is 0 Å². The van der Waals surface area contributed by atoms with Gasteiger partial charge in [0, 0.05) is 17.7 Å². The van der Waals surface area contributed by atoms with Crippen LogP contribution in [0.25, 0.3) is 0 Å². The number of amides is 1. The topological polar surface area (TPSA) is 92.5 Å². The minimum atomic E-state index is -0.530. The fourth-order valence-corrected chi connectivity index (χ4v) is 2.33. The van der Waals surface area contributed by atoms with Crippen molar-refractivity contribution in [1.29, 1.82) is 0 Å². The number of carbonyl (C=O) groups is 1. The molecule has 6 heteroatoms. The summed E-state index contributed by atoms with van der Waals surface area (Å²) in [6, 6.07) is 13.2. The molecule has 0 unspecified atom stereocenters. The summed E-state index contributed by atoms with van der Waals surface area (Å²) in [5.74, 6) is -0.438. The van der Waals surface area contributed by atoms with Crippen LogP contribution < -0.4 is 5.32 Å². The lowest BCUT2D eigenvalue weighted by Gasteiger charge is -2.16. The number of aliphatic hydroxyl groups is 1. The number of aliphatic hydroxyl groups excluding tert-OH is 1. The van der Waals surface area contributed by atoms with Crippen LogP contribution in [0.3, 0.4) is 0 Å². The van der Waals surface area contributed by atoms with E-state index in [1.807, 2.05) is 30.3 Å². The van der Waals surface area contributed by atoms with Crippen LogP contribution in [-0.2, 0) is 6.42 Å². The second kappa shape index (κ2) is 7.51. The van der Waals surface area contributed by atoms with E-state index in [1.54, 1.807) is 13.0 Å². The Hall–Kier alpha value is -2.73. The fourth-order valence-electron chi connectivity index (χ4n) is 2.33. The first-order valence-corrected chi connectivity index (χ1v) is 7.21. The third kappa shape index (κ3) is 4.62. The molecule has 0 aliphatic heterocycles. The Labute approximate surface area is 133 Å². The molecule has 0 radical (unpaired) electrons. The zero-order valence-electron chi connectivity index (χ0n) is 12.7. The average molecular weight is 314 g/mol. The number of nitrogens with one attached hydrogen (secondary N) is 1.